The summed E-state index contributed by atoms with van der Waals surface area (Å²) in [5, 5.41) is 3.78. The van der Waals surface area contributed by atoms with Gasteiger partial charge in [-0.2, -0.15) is 0 Å². The molecule has 3 unspecified atom stereocenters. The van der Waals surface area contributed by atoms with Gasteiger partial charge in [0.1, 0.15) is 0 Å². The summed E-state index contributed by atoms with van der Waals surface area (Å²) in [4.78, 5) is 0. The molecule has 3 atom stereocenters. The molecule has 2 nitrogen and oxygen atoms in total. The van der Waals surface area contributed by atoms with Crippen LogP contribution >= 0.6 is 0 Å². The normalized spacial score (nSPS) is 28.3. The number of aryl methyl sites for hydroxylation is 2. The van der Waals surface area contributed by atoms with Crippen molar-refractivity contribution in [1.82, 2.24) is 5.32 Å². The first kappa shape index (κ1) is 12.2. The highest BCUT2D eigenvalue weighted by atomic mass is 16.5. The van der Waals surface area contributed by atoms with E-state index >= 15 is 0 Å². The molecule has 0 saturated carbocycles. The molecule has 1 aromatic carbocycles. The van der Waals surface area contributed by atoms with Crippen molar-refractivity contribution in [2.24, 2.45) is 0 Å². The van der Waals surface area contributed by atoms with Crippen LogP contribution in [0.15, 0.2) is 18.2 Å². The molecule has 1 aromatic rings. The van der Waals surface area contributed by atoms with Crippen LogP contribution in [0.1, 0.15) is 48.9 Å². The third-order valence-corrected chi connectivity index (χ3v) is 4.37. The van der Waals surface area contributed by atoms with Crippen molar-refractivity contribution in [3.05, 3.63) is 34.9 Å². The van der Waals surface area contributed by atoms with Gasteiger partial charge in [0, 0.05) is 18.7 Å². The highest BCUT2D eigenvalue weighted by molar-refractivity contribution is 5.37. The number of hydrogen-bond acceptors (Lipinski definition) is 2. The SMILES string of the molecule is Cc1ccc2c(c1)C(NC(C)C1CCCO1)CC2. The Morgan fingerprint density at radius 2 is 2.22 bits per heavy atom. The molecule has 0 spiro atoms. The van der Waals surface area contributed by atoms with Crippen LogP contribution in [0.4, 0.5) is 0 Å². The summed E-state index contributed by atoms with van der Waals surface area (Å²) in [6, 6.07) is 7.86. The van der Waals surface area contributed by atoms with Crippen molar-refractivity contribution in [2.75, 3.05) is 6.61 Å². The molecule has 0 radical (unpaired) electrons. The molecule has 0 bridgehead atoms. The summed E-state index contributed by atoms with van der Waals surface area (Å²) in [6.07, 6.45) is 5.29. The van der Waals surface area contributed by atoms with E-state index in [0.29, 0.717) is 18.2 Å². The smallest absolute Gasteiger partial charge is 0.0726 e. The minimum atomic E-state index is 0.416. The van der Waals surface area contributed by atoms with Crippen LogP contribution in [0.5, 0.6) is 0 Å². The molecule has 2 heteroatoms. The fourth-order valence-electron chi connectivity index (χ4n) is 3.32. The van der Waals surface area contributed by atoms with Gasteiger partial charge in [0.15, 0.2) is 0 Å². The Balaban J connectivity index is 1.70. The predicted octanol–water partition coefficient (Wildman–Crippen LogP) is 3.14. The summed E-state index contributed by atoms with van der Waals surface area (Å²) in [6.45, 7) is 5.39. The molecule has 1 fully saturated rings. The zero-order valence-corrected chi connectivity index (χ0v) is 11.4. The Hall–Kier alpha value is -0.860. The fourth-order valence-corrected chi connectivity index (χ4v) is 3.32. The van der Waals surface area contributed by atoms with Crippen LogP contribution in [0.2, 0.25) is 0 Å². The van der Waals surface area contributed by atoms with Crippen LogP contribution in [0, 0.1) is 6.92 Å². The van der Waals surface area contributed by atoms with Crippen molar-refractivity contribution in [3.63, 3.8) is 0 Å². The van der Waals surface area contributed by atoms with E-state index in [9.17, 15) is 0 Å². The van der Waals surface area contributed by atoms with Gasteiger partial charge in [-0.25, -0.2) is 0 Å². The number of ether oxygens (including phenoxy) is 1. The van der Waals surface area contributed by atoms with Gasteiger partial charge in [0.05, 0.1) is 6.10 Å². The lowest BCUT2D eigenvalue weighted by Gasteiger charge is -2.25. The van der Waals surface area contributed by atoms with Gasteiger partial charge in [-0.05, 0) is 50.7 Å². The fraction of sp³-hybridized carbons (Fsp3) is 0.625. The maximum absolute atomic E-state index is 5.77. The predicted molar refractivity (Wildman–Crippen MR) is 73.8 cm³/mol. The second kappa shape index (κ2) is 5.02. The van der Waals surface area contributed by atoms with Crippen LogP contribution in [0.25, 0.3) is 0 Å². The van der Waals surface area contributed by atoms with E-state index in [1.54, 1.807) is 0 Å². The van der Waals surface area contributed by atoms with Crippen molar-refractivity contribution in [3.8, 4) is 0 Å². The van der Waals surface area contributed by atoms with Crippen LogP contribution < -0.4 is 5.32 Å². The average molecular weight is 245 g/mol. The maximum Gasteiger partial charge on any atom is 0.0726 e. The van der Waals surface area contributed by atoms with Crippen molar-refractivity contribution in [1.29, 1.82) is 0 Å². The number of nitrogens with one attached hydrogen (secondary N) is 1. The van der Waals surface area contributed by atoms with Crippen molar-refractivity contribution < 1.29 is 4.74 Å². The molecule has 0 amide bonds. The van der Waals surface area contributed by atoms with Crippen LogP contribution in [0.3, 0.4) is 0 Å². The van der Waals surface area contributed by atoms with E-state index in [4.69, 9.17) is 4.74 Å². The highest BCUT2D eigenvalue weighted by Gasteiger charge is 2.28. The summed E-state index contributed by atoms with van der Waals surface area (Å²) in [5.41, 5.74) is 4.41. The summed E-state index contributed by atoms with van der Waals surface area (Å²) >= 11 is 0. The van der Waals surface area contributed by atoms with E-state index in [-0.39, 0.29) is 0 Å². The van der Waals surface area contributed by atoms with E-state index < -0.39 is 0 Å². The van der Waals surface area contributed by atoms with E-state index in [2.05, 4.69) is 37.4 Å². The first-order valence-corrected chi connectivity index (χ1v) is 7.21. The molecular weight excluding hydrogens is 222 g/mol. The minimum absolute atomic E-state index is 0.416. The van der Waals surface area contributed by atoms with Gasteiger partial charge in [-0.15, -0.1) is 0 Å². The number of benzene rings is 1. The Labute approximate surface area is 110 Å². The summed E-state index contributed by atoms with van der Waals surface area (Å²) in [5.74, 6) is 0. The molecule has 98 valence electrons. The van der Waals surface area contributed by atoms with Gasteiger partial charge in [-0.1, -0.05) is 23.8 Å². The van der Waals surface area contributed by atoms with E-state index in [1.807, 2.05) is 0 Å². The van der Waals surface area contributed by atoms with E-state index in [0.717, 1.165) is 6.61 Å². The zero-order valence-electron chi connectivity index (χ0n) is 11.4. The molecule has 0 aromatic heterocycles. The van der Waals surface area contributed by atoms with Crippen molar-refractivity contribution >= 4 is 0 Å². The van der Waals surface area contributed by atoms with Crippen LogP contribution in [-0.4, -0.2) is 18.8 Å². The van der Waals surface area contributed by atoms with E-state index in [1.165, 1.54) is 42.4 Å². The Bertz CT molecular complexity index is 423. The Kier molecular flexibility index (Phi) is 3.40. The lowest BCUT2D eigenvalue weighted by atomic mass is 10.0. The number of rotatable bonds is 3. The molecule has 2 aliphatic rings. The lowest BCUT2D eigenvalue weighted by molar-refractivity contribution is 0.0797. The molecule has 18 heavy (non-hydrogen) atoms. The average Bonchev–Trinajstić information content (AvgIpc) is 2.99. The van der Waals surface area contributed by atoms with Crippen LogP contribution in [-0.2, 0) is 11.2 Å². The van der Waals surface area contributed by atoms with Crippen molar-refractivity contribution in [2.45, 2.75) is 57.7 Å². The second-order valence-corrected chi connectivity index (χ2v) is 5.80. The van der Waals surface area contributed by atoms with Gasteiger partial charge >= 0.3 is 0 Å². The third-order valence-electron chi connectivity index (χ3n) is 4.37. The number of fused-ring (bicyclic) bond motifs is 1. The molecule has 1 aliphatic heterocycles. The maximum atomic E-state index is 5.77. The van der Waals surface area contributed by atoms with Gasteiger partial charge in [0.25, 0.3) is 0 Å². The molecule has 1 N–H and O–H groups in total. The topological polar surface area (TPSA) is 21.3 Å². The van der Waals surface area contributed by atoms with Gasteiger partial charge < -0.3 is 10.1 Å². The largest absolute Gasteiger partial charge is 0.377 e. The Morgan fingerprint density at radius 3 is 3.00 bits per heavy atom. The van der Waals surface area contributed by atoms with Gasteiger partial charge in [0.2, 0.25) is 0 Å². The van der Waals surface area contributed by atoms with Gasteiger partial charge in [-0.3, -0.25) is 0 Å². The monoisotopic (exact) mass is 245 g/mol. The zero-order chi connectivity index (χ0) is 12.5. The molecule has 1 saturated heterocycles. The highest BCUT2D eigenvalue weighted by Crippen LogP contribution is 2.32. The first-order chi connectivity index (χ1) is 8.74. The third kappa shape index (κ3) is 2.32. The summed E-state index contributed by atoms with van der Waals surface area (Å²) in [7, 11) is 0. The lowest BCUT2D eigenvalue weighted by Crippen LogP contribution is -2.38. The summed E-state index contributed by atoms with van der Waals surface area (Å²) < 4.78 is 5.77. The molecule has 3 rings (SSSR count). The number of hydrogen-bond donors (Lipinski definition) is 1. The molecular formula is C16H23NO. The molecule has 1 aliphatic carbocycles. The second-order valence-electron chi connectivity index (χ2n) is 5.80. The quantitative estimate of drug-likeness (QED) is 0.883. The Morgan fingerprint density at radius 1 is 1.33 bits per heavy atom. The molecule has 1 heterocycles. The standard InChI is InChI=1S/C16H23NO/c1-11-5-6-13-7-8-15(14(13)10-11)17-12(2)16-4-3-9-18-16/h5-6,10,12,15-17H,3-4,7-9H2,1-2H3. The first-order valence-electron chi connectivity index (χ1n) is 7.21. The minimum Gasteiger partial charge on any atom is -0.377 e.